The second kappa shape index (κ2) is 8.26. The van der Waals surface area contributed by atoms with Crippen molar-refractivity contribution in [3.05, 3.63) is 64.7 Å². The predicted octanol–water partition coefficient (Wildman–Crippen LogP) is 3.19. The number of rotatable bonds is 6. The molecule has 1 heterocycles. The highest BCUT2D eigenvalue weighted by Crippen LogP contribution is 2.26. The first-order chi connectivity index (χ1) is 13.8. The molecule has 29 heavy (non-hydrogen) atoms. The number of anilines is 1. The van der Waals surface area contributed by atoms with Gasteiger partial charge in [-0.1, -0.05) is 25.1 Å². The smallest absolute Gasteiger partial charge is 0.338 e. The molecule has 1 N–H and O–H groups in total. The van der Waals surface area contributed by atoms with E-state index >= 15 is 0 Å². The fourth-order valence-electron chi connectivity index (χ4n) is 3.08. The van der Waals surface area contributed by atoms with Crippen molar-refractivity contribution >= 4 is 29.4 Å². The van der Waals surface area contributed by atoms with Gasteiger partial charge in [0.25, 0.3) is 17.7 Å². The first kappa shape index (κ1) is 20.3. The van der Waals surface area contributed by atoms with Crippen molar-refractivity contribution in [2.24, 2.45) is 0 Å². The van der Waals surface area contributed by atoms with Gasteiger partial charge in [0.1, 0.15) is 0 Å². The fourth-order valence-corrected chi connectivity index (χ4v) is 3.08. The van der Waals surface area contributed by atoms with Crippen LogP contribution >= 0.6 is 0 Å². The molecule has 1 aliphatic rings. The zero-order chi connectivity index (χ0) is 21.1. The highest BCUT2D eigenvalue weighted by atomic mass is 16.5. The number of hydrogen-bond acceptors (Lipinski definition) is 5. The number of ether oxygens (including phenoxy) is 1. The number of esters is 1. The number of hydrogen-bond donors (Lipinski definition) is 1. The molecule has 0 bridgehead atoms. The molecule has 0 aromatic heterocycles. The summed E-state index contributed by atoms with van der Waals surface area (Å²) in [4.78, 5) is 50.6. The van der Waals surface area contributed by atoms with Crippen LogP contribution in [0.1, 0.15) is 56.9 Å². The molecule has 0 aliphatic carbocycles. The predicted molar refractivity (Wildman–Crippen MR) is 107 cm³/mol. The summed E-state index contributed by atoms with van der Waals surface area (Å²) in [5, 5.41) is 2.67. The quantitative estimate of drug-likeness (QED) is 0.600. The Hall–Kier alpha value is -3.48. The number of nitrogens with one attached hydrogen (secondary N) is 1. The fraction of sp³-hybridized carbons (Fsp3) is 0.273. The summed E-state index contributed by atoms with van der Waals surface area (Å²) < 4.78 is 5.06. The van der Waals surface area contributed by atoms with Gasteiger partial charge in [0.2, 0.25) is 0 Å². The van der Waals surface area contributed by atoms with Crippen LogP contribution in [0.2, 0.25) is 0 Å². The molecule has 0 fully saturated rings. The van der Waals surface area contributed by atoms with Crippen LogP contribution in [0, 0.1) is 6.92 Å². The molecule has 2 aromatic carbocycles. The van der Waals surface area contributed by atoms with Crippen molar-refractivity contribution in [3.8, 4) is 0 Å². The van der Waals surface area contributed by atoms with Gasteiger partial charge in [0.15, 0.2) is 6.61 Å². The van der Waals surface area contributed by atoms with Crippen molar-refractivity contribution in [3.63, 3.8) is 0 Å². The molecule has 1 atom stereocenters. The summed E-state index contributed by atoms with van der Waals surface area (Å²) in [7, 11) is 0. The second-order valence-corrected chi connectivity index (χ2v) is 6.94. The highest BCUT2D eigenvalue weighted by molar-refractivity contribution is 6.22. The van der Waals surface area contributed by atoms with Gasteiger partial charge in [-0.25, -0.2) is 4.79 Å². The van der Waals surface area contributed by atoms with E-state index in [1.807, 2.05) is 26.0 Å². The Morgan fingerprint density at radius 3 is 2.45 bits per heavy atom. The van der Waals surface area contributed by atoms with E-state index in [0.717, 1.165) is 5.56 Å². The lowest BCUT2D eigenvalue weighted by molar-refractivity contribution is -0.119. The molecule has 150 valence electrons. The molecule has 3 rings (SSSR count). The third-order valence-electron chi connectivity index (χ3n) is 4.94. The number of fused-ring (bicyclic) bond motifs is 1. The average molecular weight is 394 g/mol. The Morgan fingerprint density at radius 2 is 1.76 bits per heavy atom. The van der Waals surface area contributed by atoms with Gasteiger partial charge in [0, 0.05) is 11.7 Å². The van der Waals surface area contributed by atoms with E-state index in [0.29, 0.717) is 12.1 Å². The lowest BCUT2D eigenvalue weighted by Crippen LogP contribution is -2.37. The summed E-state index contributed by atoms with van der Waals surface area (Å²) in [6, 6.07) is 11.2. The normalized spacial score (nSPS) is 13.8. The summed E-state index contributed by atoms with van der Waals surface area (Å²) in [5.74, 6) is -2.00. The first-order valence-electron chi connectivity index (χ1n) is 9.38. The third kappa shape index (κ3) is 4.03. The molecular formula is C22H22N2O5. The van der Waals surface area contributed by atoms with Crippen LogP contribution in [-0.4, -0.2) is 41.2 Å². The maximum atomic E-state index is 12.6. The topological polar surface area (TPSA) is 92.8 Å². The number of carbonyl (C=O) groups is 4. The van der Waals surface area contributed by atoms with Crippen LogP contribution < -0.4 is 5.32 Å². The van der Waals surface area contributed by atoms with E-state index in [1.165, 1.54) is 23.1 Å². The molecule has 0 spiro atoms. The van der Waals surface area contributed by atoms with Crippen LogP contribution in [0.4, 0.5) is 5.69 Å². The Kier molecular flexibility index (Phi) is 5.77. The molecule has 7 nitrogen and oxygen atoms in total. The Balaban J connectivity index is 1.67. The van der Waals surface area contributed by atoms with Gasteiger partial charge in [-0.05, 0) is 50.1 Å². The maximum absolute atomic E-state index is 12.6. The number of aryl methyl sites for hydroxylation is 1. The van der Waals surface area contributed by atoms with Crippen LogP contribution in [-0.2, 0) is 9.53 Å². The molecule has 2 aromatic rings. The van der Waals surface area contributed by atoms with Crippen molar-refractivity contribution in [2.75, 3.05) is 11.9 Å². The minimum Gasteiger partial charge on any atom is -0.452 e. The molecule has 0 radical (unpaired) electrons. The summed E-state index contributed by atoms with van der Waals surface area (Å²) >= 11 is 0. The van der Waals surface area contributed by atoms with Crippen molar-refractivity contribution in [2.45, 2.75) is 33.2 Å². The van der Waals surface area contributed by atoms with Crippen LogP contribution in [0.15, 0.2) is 42.5 Å². The number of para-hydroxylation sites is 1. The van der Waals surface area contributed by atoms with Crippen LogP contribution in [0.5, 0.6) is 0 Å². The summed E-state index contributed by atoms with van der Waals surface area (Å²) in [5.41, 5.74) is 2.08. The van der Waals surface area contributed by atoms with Gasteiger partial charge in [0.05, 0.1) is 16.7 Å². The van der Waals surface area contributed by atoms with E-state index in [9.17, 15) is 19.2 Å². The SMILES string of the molecule is CCC(C)N1C(=O)c2ccc(C(=O)OCC(=O)Nc3ccccc3C)cc2C1=O. The summed E-state index contributed by atoms with van der Waals surface area (Å²) in [6.07, 6.45) is 0.635. The van der Waals surface area contributed by atoms with Gasteiger partial charge in [-0.15, -0.1) is 0 Å². The average Bonchev–Trinajstić information content (AvgIpc) is 2.97. The van der Waals surface area contributed by atoms with E-state index in [1.54, 1.807) is 19.1 Å². The zero-order valence-electron chi connectivity index (χ0n) is 16.5. The Morgan fingerprint density at radius 1 is 1.07 bits per heavy atom. The Labute approximate surface area is 168 Å². The third-order valence-corrected chi connectivity index (χ3v) is 4.94. The molecule has 7 heteroatoms. The van der Waals surface area contributed by atoms with E-state index in [-0.39, 0.29) is 28.6 Å². The lowest BCUT2D eigenvalue weighted by Gasteiger charge is -2.20. The molecule has 0 saturated heterocycles. The summed E-state index contributed by atoms with van der Waals surface area (Å²) in [6.45, 7) is 5.08. The van der Waals surface area contributed by atoms with E-state index < -0.39 is 24.4 Å². The van der Waals surface area contributed by atoms with Gasteiger partial charge >= 0.3 is 5.97 Å². The molecule has 1 unspecified atom stereocenters. The van der Waals surface area contributed by atoms with Crippen LogP contribution in [0.25, 0.3) is 0 Å². The number of amides is 3. The number of carbonyl (C=O) groups excluding carboxylic acids is 4. The van der Waals surface area contributed by atoms with E-state index in [4.69, 9.17) is 4.74 Å². The largest absolute Gasteiger partial charge is 0.452 e. The van der Waals surface area contributed by atoms with Crippen molar-refractivity contribution in [1.29, 1.82) is 0 Å². The molecule has 3 amide bonds. The van der Waals surface area contributed by atoms with Crippen molar-refractivity contribution < 1.29 is 23.9 Å². The monoisotopic (exact) mass is 394 g/mol. The molecule has 1 aliphatic heterocycles. The second-order valence-electron chi connectivity index (χ2n) is 6.94. The zero-order valence-corrected chi connectivity index (χ0v) is 16.5. The standard InChI is InChI=1S/C22H22N2O5/c1-4-14(3)24-20(26)16-10-9-15(11-17(16)21(24)27)22(28)29-12-19(25)23-18-8-6-5-7-13(18)2/h5-11,14H,4,12H2,1-3H3,(H,23,25). The van der Waals surface area contributed by atoms with Crippen LogP contribution in [0.3, 0.4) is 0 Å². The van der Waals surface area contributed by atoms with Gasteiger partial charge in [-0.2, -0.15) is 0 Å². The highest BCUT2D eigenvalue weighted by Gasteiger charge is 2.38. The maximum Gasteiger partial charge on any atom is 0.338 e. The minimum absolute atomic E-state index is 0.111. The first-order valence-corrected chi connectivity index (χ1v) is 9.38. The van der Waals surface area contributed by atoms with Gasteiger partial charge in [-0.3, -0.25) is 19.3 Å². The van der Waals surface area contributed by atoms with Crippen molar-refractivity contribution in [1.82, 2.24) is 4.90 Å². The lowest BCUT2D eigenvalue weighted by atomic mass is 10.1. The molecule has 0 saturated carbocycles. The minimum atomic E-state index is -0.741. The van der Waals surface area contributed by atoms with E-state index in [2.05, 4.69) is 5.32 Å². The molecular weight excluding hydrogens is 372 g/mol. The number of benzene rings is 2. The van der Waals surface area contributed by atoms with Gasteiger partial charge < -0.3 is 10.1 Å². The number of nitrogens with zero attached hydrogens (tertiary/aromatic N) is 1. The number of imide groups is 1. The Bertz CT molecular complexity index is 998.